The molecule has 1 aliphatic rings. The van der Waals surface area contributed by atoms with Crippen LogP contribution in [0.4, 0.5) is 17.1 Å². The lowest BCUT2D eigenvalue weighted by atomic mass is 10.2. The molecular weight excluding hydrogens is 314 g/mol. The molecule has 0 spiro atoms. The SMILES string of the molecule is Cc1cccc(NC(=O)C(C)Nc2cccc(N3CCCC3=O)c2)c1. The Morgan fingerprint density at radius 1 is 1.12 bits per heavy atom. The molecule has 1 saturated heterocycles. The van der Waals surface area contributed by atoms with Gasteiger partial charge in [-0.25, -0.2) is 0 Å². The lowest BCUT2D eigenvalue weighted by molar-refractivity contribution is -0.117. The highest BCUT2D eigenvalue weighted by molar-refractivity contribution is 5.97. The summed E-state index contributed by atoms with van der Waals surface area (Å²) in [7, 11) is 0. The first-order valence-corrected chi connectivity index (χ1v) is 8.57. The summed E-state index contributed by atoms with van der Waals surface area (Å²) in [6.07, 6.45) is 1.50. The molecule has 130 valence electrons. The summed E-state index contributed by atoms with van der Waals surface area (Å²) in [6.45, 7) is 4.56. The third-order valence-corrected chi connectivity index (χ3v) is 4.29. The van der Waals surface area contributed by atoms with Crippen molar-refractivity contribution < 1.29 is 9.59 Å². The van der Waals surface area contributed by atoms with Gasteiger partial charge in [-0.3, -0.25) is 9.59 Å². The van der Waals surface area contributed by atoms with Gasteiger partial charge in [0.1, 0.15) is 6.04 Å². The fourth-order valence-corrected chi connectivity index (χ4v) is 2.97. The highest BCUT2D eigenvalue weighted by Gasteiger charge is 2.22. The number of aryl methyl sites for hydroxylation is 1. The summed E-state index contributed by atoms with van der Waals surface area (Å²) in [5.74, 6) is 0.0515. The molecule has 25 heavy (non-hydrogen) atoms. The van der Waals surface area contributed by atoms with E-state index >= 15 is 0 Å². The van der Waals surface area contributed by atoms with Crippen molar-refractivity contribution in [2.75, 3.05) is 22.1 Å². The van der Waals surface area contributed by atoms with E-state index in [1.54, 1.807) is 4.90 Å². The fourth-order valence-electron chi connectivity index (χ4n) is 2.97. The summed E-state index contributed by atoms with van der Waals surface area (Å²) in [5.41, 5.74) is 3.58. The monoisotopic (exact) mass is 337 g/mol. The topological polar surface area (TPSA) is 61.4 Å². The molecule has 1 fully saturated rings. The molecule has 1 heterocycles. The van der Waals surface area contributed by atoms with Crippen LogP contribution < -0.4 is 15.5 Å². The van der Waals surface area contributed by atoms with Crippen LogP contribution in [0.1, 0.15) is 25.3 Å². The molecule has 0 bridgehead atoms. The van der Waals surface area contributed by atoms with Gasteiger partial charge in [0.15, 0.2) is 0 Å². The largest absolute Gasteiger partial charge is 0.374 e. The molecule has 5 nitrogen and oxygen atoms in total. The predicted octanol–water partition coefficient (Wildman–Crippen LogP) is 3.56. The maximum atomic E-state index is 12.4. The van der Waals surface area contributed by atoms with E-state index < -0.39 is 6.04 Å². The average molecular weight is 337 g/mol. The van der Waals surface area contributed by atoms with Gasteiger partial charge in [-0.15, -0.1) is 0 Å². The van der Waals surface area contributed by atoms with Crippen LogP contribution in [0.5, 0.6) is 0 Å². The molecule has 0 aromatic heterocycles. The first-order chi connectivity index (χ1) is 12.0. The lowest BCUT2D eigenvalue weighted by Crippen LogP contribution is -2.32. The van der Waals surface area contributed by atoms with E-state index in [1.165, 1.54) is 0 Å². The molecule has 2 N–H and O–H groups in total. The van der Waals surface area contributed by atoms with E-state index in [-0.39, 0.29) is 11.8 Å². The van der Waals surface area contributed by atoms with E-state index in [9.17, 15) is 9.59 Å². The molecule has 2 aromatic rings. The van der Waals surface area contributed by atoms with Gasteiger partial charge in [-0.1, -0.05) is 18.2 Å². The van der Waals surface area contributed by atoms with Gasteiger partial charge in [0.25, 0.3) is 0 Å². The van der Waals surface area contributed by atoms with Gasteiger partial charge in [0.05, 0.1) is 0 Å². The second kappa shape index (κ2) is 7.38. The van der Waals surface area contributed by atoms with E-state index in [1.807, 2.05) is 62.4 Å². The van der Waals surface area contributed by atoms with E-state index in [0.29, 0.717) is 6.42 Å². The molecule has 5 heteroatoms. The number of rotatable bonds is 5. The minimum Gasteiger partial charge on any atom is -0.374 e. The normalized spacial score (nSPS) is 15.1. The van der Waals surface area contributed by atoms with Crippen molar-refractivity contribution in [3.63, 3.8) is 0 Å². The lowest BCUT2D eigenvalue weighted by Gasteiger charge is -2.19. The van der Waals surface area contributed by atoms with Crippen molar-refractivity contribution in [2.45, 2.75) is 32.7 Å². The smallest absolute Gasteiger partial charge is 0.246 e. The maximum absolute atomic E-state index is 12.4. The van der Waals surface area contributed by atoms with E-state index in [4.69, 9.17) is 0 Å². The van der Waals surface area contributed by atoms with Crippen LogP contribution in [0.15, 0.2) is 48.5 Å². The van der Waals surface area contributed by atoms with Crippen LogP contribution in [0.25, 0.3) is 0 Å². The van der Waals surface area contributed by atoms with Crippen LogP contribution in [-0.2, 0) is 9.59 Å². The minimum absolute atomic E-state index is 0.103. The Labute approximate surface area is 148 Å². The Balaban J connectivity index is 1.65. The number of benzene rings is 2. The van der Waals surface area contributed by atoms with Crippen LogP contribution in [0, 0.1) is 6.92 Å². The zero-order valence-corrected chi connectivity index (χ0v) is 14.6. The summed E-state index contributed by atoms with van der Waals surface area (Å²) in [6, 6.07) is 15.0. The highest BCUT2D eigenvalue weighted by atomic mass is 16.2. The van der Waals surface area contributed by atoms with Crippen molar-refractivity contribution >= 4 is 28.9 Å². The summed E-state index contributed by atoms with van der Waals surface area (Å²) in [4.78, 5) is 26.1. The third-order valence-electron chi connectivity index (χ3n) is 4.29. The van der Waals surface area contributed by atoms with Crippen LogP contribution >= 0.6 is 0 Å². The van der Waals surface area contributed by atoms with Crippen molar-refractivity contribution in [3.8, 4) is 0 Å². The Morgan fingerprint density at radius 2 is 1.88 bits per heavy atom. The first kappa shape index (κ1) is 17.0. The van der Waals surface area contributed by atoms with Crippen molar-refractivity contribution in [3.05, 3.63) is 54.1 Å². The molecule has 2 aromatic carbocycles. The van der Waals surface area contributed by atoms with Crippen LogP contribution in [-0.4, -0.2) is 24.4 Å². The number of hydrogen-bond donors (Lipinski definition) is 2. The number of nitrogens with zero attached hydrogens (tertiary/aromatic N) is 1. The number of carbonyl (C=O) groups is 2. The van der Waals surface area contributed by atoms with Gasteiger partial charge in [0.2, 0.25) is 11.8 Å². The molecule has 1 aliphatic heterocycles. The zero-order valence-electron chi connectivity index (χ0n) is 14.6. The Hall–Kier alpha value is -2.82. The quantitative estimate of drug-likeness (QED) is 0.877. The van der Waals surface area contributed by atoms with Crippen molar-refractivity contribution in [1.82, 2.24) is 0 Å². The standard InChI is InChI=1S/C20H23N3O2/c1-14-6-3-7-16(12-14)22-20(25)15(2)21-17-8-4-9-18(13-17)23-11-5-10-19(23)24/h3-4,6-9,12-13,15,21H,5,10-11H2,1-2H3,(H,22,25). The number of amides is 2. The molecule has 1 unspecified atom stereocenters. The molecule has 1 atom stereocenters. The van der Waals surface area contributed by atoms with Crippen LogP contribution in [0.3, 0.4) is 0 Å². The molecule has 3 rings (SSSR count). The van der Waals surface area contributed by atoms with Gasteiger partial charge < -0.3 is 15.5 Å². The van der Waals surface area contributed by atoms with Gasteiger partial charge >= 0.3 is 0 Å². The minimum atomic E-state index is -0.398. The molecule has 0 radical (unpaired) electrons. The Kier molecular flexibility index (Phi) is 5.03. The highest BCUT2D eigenvalue weighted by Crippen LogP contribution is 2.24. The van der Waals surface area contributed by atoms with Crippen molar-refractivity contribution in [1.29, 1.82) is 0 Å². The summed E-state index contributed by atoms with van der Waals surface area (Å²) in [5, 5.41) is 6.12. The fraction of sp³-hybridized carbons (Fsp3) is 0.300. The number of carbonyl (C=O) groups excluding carboxylic acids is 2. The van der Waals surface area contributed by atoms with Gasteiger partial charge in [0, 0.05) is 30.0 Å². The number of nitrogens with one attached hydrogen (secondary N) is 2. The predicted molar refractivity (Wildman–Crippen MR) is 101 cm³/mol. The first-order valence-electron chi connectivity index (χ1n) is 8.57. The Morgan fingerprint density at radius 3 is 2.60 bits per heavy atom. The van der Waals surface area contributed by atoms with Crippen molar-refractivity contribution in [2.24, 2.45) is 0 Å². The summed E-state index contributed by atoms with van der Waals surface area (Å²) >= 11 is 0. The molecule has 0 saturated carbocycles. The molecule has 0 aliphatic carbocycles. The summed E-state index contributed by atoms with van der Waals surface area (Å²) < 4.78 is 0. The number of anilines is 3. The second-order valence-corrected chi connectivity index (χ2v) is 6.42. The second-order valence-electron chi connectivity index (χ2n) is 6.42. The molecular formula is C20H23N3O2. The zero-order chi connectivity index (χ0) is 17.8. The van der Waals surface area contributed by atoms with Crippen LogP contribution in [0.2, 0.25) is 0 Å². The average Bonchev–Trinajstić information content (AvgIpc) is 3.01. The third kappa shape index (κ3) is 4.18. The number of hydrogen-bond acceptors (Lipinski definition) is 3. The van der Waals surface area contributed by atoms with Gasteiger partial charge in [-0.05, 0) is 56.2 Å². The van der Waals surface area contributed by atoms with Gasteiger partial charge in [-0.2, -0.15) is 0 Å². The van der Waals surface area contributed by atoms with E-state index in [0.717, 1.165) is 35.6 Å². The molecule has 2 amide bonds. The maximum Gasteiger partial charge on any atom is 0.246 e. The Bertz CT molecular complexity index is 788. The van der Waals surface area contributed by atoms with E-state index in [2.05, 4.69) is 10.6 Å².